The van der Waals surface area contributed by atoms with Crippen LogP contribution < -0.4 is 14.8 Å². The molecule has 4 heterocycles. The van der Waals surface area contributed by atoms with Crippen LogP contribution in [0.25, 0.3) is 11.3 Å². The second-order valence-corrected chi connectivity index (χ2v) is 8.37. The van der Waals surface area contributed by atoms with Gasteiger partial charge in [0, 0.05) is 48.2 Å². The molecule has 4 aromatic rings. The predicted molar refractivity (Wildman–Crippen MR) is 136 cm³/mol. The van der Waals surface area contributed by atoms with Gasteiger partial charge < -0.3 is 24.1 Å². The van der Waals surface area contributed by atoms with E-state index in [1.807, 2.05) is 60.3 Å². The first kappa shape index (κ1) is 23.5. The van der Waals surface area contributed by atoms with Crippen LogP contribution in [-0.4, -0.2) is 44.3 Å². The van der Waals surface area contributed by atoms with Gasteiger partial charge in [0.05, 0.1) is 38.4 Å². The van der Waals surface area contributed by atoms with Gasteiger partial charge in [-0.05, 0) is 42.7 Å². The number of nitrogens with one attached hydrogen (secondary N) is 1. The molecule has 9 heteroatoms. The normalized spacial score (nSPS) is 14.6. The number of aryl methyl sites for hydroxylation is 1. The van der Waals surface area contributed by atoms with Gasteiger partial charge in [-0.3, -0.25) is 0 Å². The Morgan fingerprint density at radius 2 is 2.08 bits per heavy atom. The second-order valence-electron chi connectivity index (χ2n) is 8.37. The Morgan fingerprint density at radius 1 is 1.11 bits per heavy atom. The molecule has 0 saturated heterocycles. The summed E-state index contributed by atoms with van der Waals surface area (Å²) in [6.07, 6.45) is 13.8. The standard InChI is InChI=1S/C27H28N6O3/c1-20-17-30-27-31-23-13-21(14-24(16-23)35-12-9-33-8-7-28-19-33)18-34-10-3-2-4-11-36-25-15-22(5-6-29-25)26(20)32-27/h2-3,5-8,13-17,19H,4,9-12,18H2,1H3,(H,30,31,32)/b3-2+. The van der Waals surface area contributed by atoms with E-state index in [-0.39, 0.29) is 0 Å². The number of benzene rings is 1. The molecule has 0 fully saturated rings. The molecule has 1 aromatic carbocycles. The summed E-state index contributed by atoms with van der Waals surface area (Å²) in [6, 6.07) is 9.79. The summed E-state index contributed by atoms with van der Waals surface area (Å²) in [6.45, 7) is 4.69. The van der Waals surface area contributed by atoms with E-state index >= 15 is 0 Å². The van der Waals surface area contributed by atoms with Crippen molar-refractivity contribution in [3.63, 3.8) is 0 Å². The summed E-state index contributed by atoms with van der Waals surface area (Å²) in [5, 5.41) is 3.33. The maximum atomic E-state index is 6.06. The quantitative estimate of drug-likeness (QED) is 0.416. The van der Waals surface area contributed by atoms with Gasteiger partial charge in [-0.15, -0.1) is 0 Å². The fraction of sp³-hybridized carbons (Fsp3) is 0.259. The highest BCUT2D eigenvalue weighted by Gasteiger charge is 2.11. The first-order valence-corrected chi connectivity index (χ1v) is 11.9. The molecule has 184 valence electrons. The highest BCUT2D eigenvalue weighted by atomic mass is 16.5. The van der Waals surface area contributed by atoms with Crippen molar-refractivity contribution in [1.82, 2.24) is 24.5 Å². The summed E-state index contributed by atoms with van der Waals surface area (Å²) in [5.41, 5.74) is 4.50. The van der Waals surface area contributed by atoms with Crippen LogP contribution in [0.15, 0.2) is 73.6 Å². The molecule has 0 spiro atoms. The predicted octanol–water partition coefficient (Wildman–Crippen LogP) is 4.72. The number of rotatable bonds is 4. The van der Waals surface area contributed by atoms with Crippen LogP contribution in [-0.2, 0) is 17.9 Å². The zero-order valence-electron chi connectivity index (χ0n) is 20.1. The molecule has 1 aliphatic heterocycles. The molecule has 0 unspecified atom stereocenters. The number of aromatic nitrogens is 5. The van der Waals surface area contributed by atoms with Crippen molar-refractivity contribution in [1.29, 1.82) is 0 Å². The van der Waals surface area contributed by atoms with E-state index in [0.717, 1.165) is 40.2 Å². The molecule has 36 heavy (non-hydrogen) atoms. The lowest BCUT2D eigenvalue weighted by Crippen LogP contribution is -2.07. The Kier molecular flexibility index (Phi) is 7.48. The van der Waals surface area contributed by atoms with Crippen molar-refractivity contribution >= 4 is 11.6 Å². The Hall–Kier alpha value is -4.24. The monoisotopic (exact) mass is 484 g/mol. The van der Waals surface area contributed by atoms with Gasteiger partial charge in [-0.1, -0.05) is 12.2 Å². The van der Waals surface area contributed by atoms with E-state index in [1.165, 1.54) is 0 Å². The van der Waals surface area contributed by atoms with E-state index in [4.69, 9.17) is 19.2 Å². The summed E-state index contributed by atoms with van der Waals surface area (Å²) in [7, 11) is 0. The van der Waals surface area contributed by atoms with Gasteiger partial charge in [0.15, 0.2) is 0 Å². The minimum atomic E-state index is 0.447. The topological polar surface area (TPSA) is 96.2 Å². The van der Waals surface area contributed by atoms with Crippen LogP contribution in [0.1, 0.15) is 17.5 Å². The van der Waals surface area contributed by atoms with Gasteiger partial charge in [0.1, 0.15) is 12.4 Å². The van der Waals surface area contributed by atoms with E-state index in [0.29, 0.717) is 44.8 Å². The number of nitrogens with zero attached hydrogens (tertiary/aromatic N) is 5. The third kappa shape index (κ3) is 6.25. The van der Waals surface area contributed by atoms with Crippen molar-refractivity contribution in [2.45, 2.75) is 26.5 Å². The number of hydrogen-bond acceptors (Lipinski definition) is 8. The lowest BCUT2D eigenvalue weighted by atomic mass is 10.1. The molecule has 0 radical (unpaired) electrons. The van der Waals surface area contributed by atoms with Crippen molar-refractivity contribution in [2.24, 2.45) is 0 Å². The minimum Gasteiger partial charge on any atom is -0.492 e. The first-order valence-electron chi connectivity index (χ1n) is 11.9. The second kappa shape index (κ2) is 11.5. The molecular formula is C27H28N6O3. The molecule has 9 nitrogen and oxygen atoms in total. The van der Waals surface area contributed by atoms with E-state index < -0.39 is 0 Å². The van der Waals surface area contributed by atoms with Crippen LogP contribution >= 0.6 is 0 Å². The third-order valence-corrected chi connectivity index (χ3v) is 5.56. The van der Waals surface area contributed by atoms with E-state index in [1.54, 1.807) is 18.7 Å². The molecule has 6 bridgehead atoms. The van der Waals surface area contributed by atoms with Gasteiger partial charge >= 0.3 is 0 Å². The largest absolute Gasteiger partial charge is 0.492 e. The molecular weight excluding hydrogens is 456 g/mol. The number of ether oxygens (including phenoxy) is 3. The zero-order chi connectivity index (χ0) is 24.6. The molecule has 0 amide bonds. The summed E-state index contributed by atoms with van der Waals surface area (Å²) < 4.78 is 19.7. The Balaban J connectivity index is 1.43. The van der Waals surface area contributed by atoms with Gasteiger partial charge in [-0.25, -0.2) is 19.9 Å². The lowest BCUT2D eigenvalue weighted by Gasteiger charge is -2.14. The zero-order valence-corrected chi connectivity index (χ0v) is 20.1. The Bertz CT molecular complexity index is 1320. The average molecular weight is 485 g/mol. The van der Waals surface area contributed by atoms with Gasteiger partial charge in [0.25, 0.3) is 0 Å². The van der Waals surface area contributed by atoms with E-state index in [9.17, 15) is 0 Å². The van der Waals surface area contributed by atoms with Crippen LogP contribution in [0.4, 0.5) is 11.6 Å². The summed E-state index contributed by atoms with van der Waals surface area (Å²) >= 11 is 0. The maximum Gasteiger partial charge on any atom is 0.227 e. The van der Waals surface area contributed by atoms with Gasteiger partial charge in [-0.2, -0.15) is 0 Å². The maximum absolute atomic E-state index is 6.06. The van der Waals surface area contributed by atoms with Crippen LogP contribution in [0.2, 0.25) is 0 Å². The fourth-order valence-electron chi connectivity index (χ4n) is 3.81. The number of anilines is 2. The Labute approximate surface area is 209 Å². The van der Waals surface area contributed by atoms with Crippen molar-refractivity contribution in [3.05, 3.63) is 84.7 Å². The molecule has 1 aliphatic rings. The average Bonchev–Trinajstić information content (AvgIpc) is 3.40. The summed E-state index contributed by atoms with van der Waals surface area (Å²) in [5.74, 6) is 1.80. The van der Waals surface area contributed by atoms with Crippen LogP contribution in [0.3, 0.4) is 0 Å². The molecule has 0 atom stereocenters. The number of fused-ring (bicyclic) bond motifs is 7. The molecule has 0 saturated carbocycles. The number of hydrogen-bond donors (Lipinski definition) is 1. The molecule has 5 rings (SSSR count). The SMILES string of the molecule is Cc1cnc2nc1-c1ccnc(c1)OCC/C=C/COCc1cc(cc(OCCn3ccnc3)c1)N2. The van der Waals surface area contributed by atoms with Gasteiger partial charge in [0.2, 0.25) is 11.8 Å². The third-order valence-electron chi connectivity index (χ3n) is 5.56. The number of imidazole rings is 1. The van der Waals surface area contributed by atoms with Crippen molar-refractivity contribution < 1.29 is 14.2 Å². The Morgan fingerprint density at radius 3 is 3.00 bits per heavy atom. The van der Waals surface area contributed by atoms with E-state index in [2.05, 4.69) is 26.3 Å². The number of pyridine rings is 1. The van der Waals surface area contributed by atoms with Crippen LogP contribution in [0.5, 0.6) is 11.6 Å². The summed E-state index contributed by atoms with van der Waals surface area (Å²) in [4.78, 5) is 17.7. The van der Waals surface area contributed by atoms with Crippen LogP contribution in [0, 0.1) is 6.92 Å². The van der Waals surface area contributed by atoms with Crippen molar-refractivity contribution in [3.8, 4) is 22.9 Å². The first-order chi connectivity index (χ1) is 17.7. The molecule has 0 aliphatic carbocycles. The van der Waals surface area contributed by atoms with Crippen molar-refractivity contribution in [2.75, 3.05) is 25.1 Å². The highest BCUT2D eigenvalue weighted by Crippen LogP contribution is 2.27. The molecule has 1 N–H and O–H groups in total. The lowest BCUT2D eigenvalue weighted by molar-refractivity contribution is 0.148. The minimum absolute atomic E-state index is 0.447. The smallest absolute Gasteiger partial charge is 0.227 e. The molecule has 3 aromatic heterocycles. The fourth-order valence-corrected chi connectivity index (χ4v) is 3.81. The highest BCUT2D eigenvalue weighted by molar-refractivity contribution is 5.66.